The standard InChI is InChI=1S/C18H17N3O2/c1-2-22-15-10-8-14(9-11-15)20-18-16(12-19)21-17(23-18)13-6-4-3-5-7-13/h3-8,10,20H,2,9,11H2,1H3. The van der Waals surface area contributed by atoms with Gasteiger partial charge in [0.05, 0.1) is 12.4 Å². The van der Waals surface area contributed by atoms with Crippen LogP contribution < -0.4 is 5.32 Å². The number of oxazole rings is 1. The van der Waals surface area contributed by atoms with Crippen LogP contribution in [0.3, 0.4) is 0 Å². The molecule has 1 heterocycles. The number of nitrogens with one attached hydrogen (secondary N) is 1. The van der Waals surface area contributed by atoms with E-state index in [1.54, 1.807) is 0 Å². The number of nitrogens with zero attached hydrogens (tertiary/aromatic N) is 2. The molecule has 1 aliphatic carbocycles. The maximum Gasteiger partial charge on any atom is 0.236 e. The van der Waals surface area contributed by atoms with Gasteiger partial charge in [-0.3, -0.25) is 0 Å². The van der Waals surface area contributed by atoms with Crippen molar-refractivity contribution in [2.24, 2.45) is 0 Å². The maximum atomic E-state index is 9.26. The van der Waals surface area contributed by atoms with Crippen molar-refractivity contribution in [1.29, 1.82) is 5.26 Å². The van der Waals surface area contributed by atoms with Crippen molar-refractivity contribution in [3.63, 3.8) is 0 Å². The van der Waals surface area contributed by atoms with Gasteiger partial charge in [0, 0.05) is 17.7 Å². The number of ether oxygens (including phenoxy) is 1. The van der Waals surface area contributed by atoms with Crippen LogP contribution in [0.4, 0.5) is 5.88 Å². The Morgan fingerprint density at radius 1 is 1.26 bits per heavy atom. The minimum absolute atomic E-state index is 0.254. The second-order valence-corrected chi connectivity index (χ2v) is 5.06. The third-order valence-electron chi connectivity index (χ3n) is 3.47. The van der Waals surface area contributed by atoms with Crippen LogP contribution in [0.15, 0.2) is 58.4 Å². The van der Waals surface area contributed by atoms with Gasteiger partial charge in [-0.05, 0) is 37.6 Å². The van der Waals surface area contributed by atoms with E-state index in [2.05, 4.69) is 16.4 Å². The largest absolute Gasteiger partial charge is 0.498 e. The van der Waals surface area contributed by atoms with Gasteiger partial charge in [-0.2, -0.15) is 10.2 Å². The van der Waals surface area contributed by atoms with Crippen LogP contribution in [0.5, 0.6) is 0 Å². The molecule has 0 saturated heterocycles. The number of allylic oxidation sites excluding steroid dienone is 4. The summed E-state index contributed by atoms with van der Waals surface area (Å²) in [6.07, 6.45) is 5.52. The first kappa shape index (κ1) is 14.9. The summed E-state index contributed by atoms with van der Waals surface area (Å²) in [7, 11) is 0. The molecule has 0 fully saturated rings. The summed E-state index contributed by atoms with van der Waals surface area (Å²) in [6, 6.07) is 11.6. The van der Waals surface area contributed by atoms with Crippen LogP contribution in [0.1, 0.15) is 25.5 Å². The van der Waals surface area contributed by atoms with Crippen molar-refractivity contribution in [3.05, 3.63) is 59.6 Å². The molecule has 0 saturated carbocycles. The summed E-state index contributed by atoms with van der Waals surface area (Å²) >= 11 is 0. The molecule has 5 nitrogen and oxygen atoms in total. The number of anilines is 1. The van der Waals surface area contributed by atoms with E-state index in [0.29, 0.717) is 18.4 Å². The lowest BCUT2D eigenvalue weighted by Crippen LogP contribution is -2.05. The number of nitriles is 1. The van der Waals surface area contributed by atoms with Gasteiger partial charge in [0.15, 0.2) is 0 Å². The van der Waals surface area contributed by atoms with E-state index >= 15 is 0 Å². The van der Waals surface area contributed by atoms with Crippen LogP contribution in [-0.4, -0.2) is 11.6 Å². The second kappa shape index (κ2) is 6.84. The van der Waals surface area contributed by atoms with Gasteiger partial charge in [0.2, 0.25) is 17.5 Å². The Labute approximate surface area is 134 Å². The fourth-order valence-corrected chi connectivity index (χ4v) is 2.36. The topological polar surface area (TPSA) is 71.1 Å². The highest BCUT2D eigenvalue weighted by Gasteiger charge is 2.16. The molecule has 1 aromatic carbocycles. The smallest absolute Gasteiger partial charge is 0.236 e. The van der Waals surface area contributed by atoms with E-state index in [0.717, 1.165) is 29.9 Å². The van der Waals surface area contributed by atoms with Gasteiger partial charge in [0.25, 0.3) is 0 Å². The molecular formula is C18H17N3O2. The Morgan fingerprint density at radius 2 is 2.09 bits per heavy atom. The molecular weight excluding hydrogens is 290 g/mol. The van der Waals surface area contributed by atoms with Gasteiger partial charge in [0.1, 0.15) is 6.07 Å². The Morgan fingerprint density at radius 3 is 2.74 bits per heavy atom. The molecule has 1 aromatic heterocycles. The summed E-state index contributed by atoms with van der Waals surface area (Å²) < 4.78 is 11.2. The molecule has 0 spiro atoms. The summed E-state index contributed by atoms with van der Waals surface area (Å²) in [5, 5.41) is 12.4. The second-order valence-electron chi connectivity index (χ2n) is 5.06. The SMILES string of the molecule is CCOC1=CC=C(Nc2oc(-c3ccccc3)nc2C#N)CC1. The number of benzene rings is 1. The maximum absolute atomic E-state index is 9.26. The molecule has 2 aromatic rings. The van der Waals surface area contributed by atoms with Crippen molar-refractivity contribution < 1.29 is 9.15 Å². The highest BCUT2D eigenvalue weighted by molar-refractivity contribution is 5.60. The Balaban J connectivity index is 1.81. The normalized spacial score (nSPS) is 13.7. The zero-order chi connectivity index (χ0) is 16.1. The van der Waals surface area contributed by atoms with Crippen LogP contribution in [0, 0.1) is 11.3 Å². The van der Waals surface area contributed by atoms with Gasteiger partial charge in [-0.1, -0.05) is 18.2 Å². The van der Waals surface area contributed by atoms with E-state index in [1.807, 2.05) is 49.4 Å². The van der Waals surface area contributed by atoms with Crippen LogP contribution in [-0.2, 0) is 4.74 Å². The van der Waals surface area contributed by atoms with Gasteiger partial charge in [-0.25, -0.2) is 0 Å². The molecule has 0 amide bonds. The van der Waals surface area contributed by atoms with Crippen molar-refractivity contribution in [1.82, 2.24) is 4.98 Å². The van der Waals surface area contributed by atoms with E-state index in [1.165, 1.54) is 0 Å². The highest BCUT2D eigenvalue weighted by atomic mass is 16.5. The molecule has 116 valence electrons. The van der Waals surface area contributed by atoms with Crippen molar-refractivity contribution in [3.8, 4) is 17.5 Å². The zero-order valence-electron chi connectivity index (χ0n) is 12.9. The fourth-order valence-electron chi connectivity index (χ4n) is 2.36. The molecule has 0 radical (unpaired) electrons. The van der Waals surface area contributed by atoms with E-state index in [-0.39, 0.29) is 5.69 Å². The molecule has 1 aliphatic rings. The van der Waals surface area contributed by atoms with E-state index in [4.69, 9.17) is 9.15 Å². The molecule has 0 bridgehead atoms. The van der Waals surface area contributed by atoms with Crippen LogP contribution in [0.2, 0.25) is 0 Å². The first-order valence-corrected chi connectivity index (χ1v) is 7.56. The lowest BCUT2D eigenvalue weighted by Gasteiger charge is -2.15. The number of hydrogen-bond donors (Lipinski definition) is 1. The number of rotatable bonds is 5. The predicted molar refractivity (Wildman–Crippen MR) is 87.3 cm³/mol. The fraction of sp³-hybridized carbons (Fsp3) is 0.222. The van der Waals surface area contributed by atoms with Crippen molar-refractivity contribution >= 4 is 5.88 Å². The minimum Gasteiger partial charge on any atom is -0.498 e. The summed E-state index contributed by atoms with van der Waals surface area (Å²) in [6.45, 7) is 2.64. The summed E-state index contributed by atoms with van der Waals surface area (Å²) in [5.74, 6) is 1.79. The molecule has 1 N–H and O–H groups in total. The van der Waals surface area contributed by atoms with E-state index < -0.39 is 0 Å². The molecule has 23 heavy (non-hydrogen) atoms. The Hall–Kier alpha value is -3.00. The third-order valence-corrected chi connectivity index (χ3v) is 3.47. The highest BCUT2D eigenvalue weighted by Crippen LogP contribution is 2.28. The third kappa shape index (κ3) is 3.43. The Bertz CT molecular complexity index is 782. The predicted octanol–water partition coefficient (Wildman–Crippen LogP) is 4.22. The first-order valence-electron chi connectivity index (χ1n) is 7.56. The summed E-state index contributed by atoms with van der Waals surface area (Å²) in [4.78, 5) is 4.25. The van der Waals surface area contributed by atoms with E-state index in [9.17, 15) is 5.26 Å². The number of hydrogen-bond acceptors (Lipinski definition) is 5. The lowest BCUT2D eigenvalue weighted by atomic mass is 10.1. The number of aromatic nitrogens is 1. The van der Waals surface area contributed by atoms with Crippen molar-refractivity contribution in [2.45, 2.75) is 19.8 Å². The van der Waals surface area contributed by atoms with Gasteiger partial charge in [-0.15, -0.1) is 0 Å². The van der Waals surface area contributed by atoms with Crippen LogP contribution >= 0.6 is 0 Å². The zero-order valence-corrected chi connectivity index (χ0v) is 12.9. The first-order chi connectivity index (χ1) is 11.3. The monoisotopic (exact) mass is 307 g/mol. The summed E-state index contributed by atoms with van der Waals surface area (Å²) in [5.41, 5.74) is 2.07. The Kier molecular flexibility index (Phi) is 4.44. The minimum atomic E-state index is 0.254. The van der Waals surface area contributed by atoms with Crippen LogP contribution in [0.25, 0.3) is 11.5 Å². The molecule has 3 rings (SSSR count). The molecule has 0 unspecified atom stereocenters. The lowest BCUT2D eigenvalue weighted by molar-refractivity contribution is 0.217. The van der Waals surface area contributed by atoms with Crippen molar-refractivity contribution in [2.75, 3.05) is 11.9 Å². The quantitative estimate of drug-likeness (QED) is 0.895. The average Bonchev–Trinajstić information content (AvgIpc) is 3.01. The molecule has 5 heteroatoms. The average molecular weight is 307 g/mol. The molecule has 0 atom stereocenters. The van der Waals surface area contributed by atoms with Gasteiger partial charge >= 0.3 is 0 Å². The molecule has 0 aliphatic heterocycles. The van der Waals surface area contributed by atoms with Gasteiger partial charge < -0.3 is 14.5 Å².